The molecule has 0 radical (unpaired) electrons. The minimum atomic E-state index is -0.257. The molecule has 0 aliphatic heterocycles. The van der Waals surface area contributed by atoms with E-state index in [1.807, 2.05) is 54.8 Å². The van der Waals surface area contributed by atoms with Gasteiger partial charge in [-0.25, -0.2) is 4.52 Å². The summed E-state index contributed by atoms with van der Waals surface area (Å²) in [5, 5.41) is 14.0. The van der Waals surface area contributed by atoms with E-state index >= 15 is 0 Å². The number of nitrogens with zero attached hydrogens (tertiary/aromatic N) is 4. The van der Waals surface area contributed by atoms with Crippen LogP contribution in [0.25, 0.3) is 27.2 Å². The first-order valence-corrected chi connectivity index (χ1v) is 10.1. The quantitative estimate of drug-likeness (QED) is 0.461. The molecule has 1 N–H and O–H groups in total. The lowest BCUT2D eigenvalue weighted by atomic mass is 10.1. The van der Waals surface area contributed by atoms with Gasteiger partial charge in [0.2, 0.25) is 16.8 Å². The van der Waals surface area contributed by atoms with Crippen LogP contribution in [-0.4, -0.2) is 32.8 Å². The Balaban J connectivity index is 1.38. The molecular weight excluding hydrogens is 402 g/mol. The number of thiazole rings is 1. The zero-order chi connectivity index (χ0) is 20.7. The number of carbonyl (C=O) groups is 1. The summed E-state index contributed by atoms with van der Waals surface area (Å²) in [6.07, 6.45) is 0.0754. The monoisotopic (exact) mass is 419 g/mol. The number of aryl methyl sites for hydroxylation is 1. The highest BCUT2D eigenvalue weighted by Crippen LogP contribution is 2.28. The number of rotatable bonds is 5. The molecule has 0 spiro atoms. The molecule has 2 aromatic carbocycles. The van der Waals surface area contributed by atoms with Crippen LogP contribution in [0.4, 0.5) is 5.95 Å². The Morgan fingerprint density at radius 2 is 2.17 bits per heavy atom. The highest BCUT2D eigenvalue weighted by atomic mass is 32.1. The number of aromatic nitrogens is 4. The summed E-state index contributed by atoms with van der Waals surface area (Å²) >= 11 is 1.45. The normalized spacial score (nSPS) is 11.3. The summed E-state index contributed by atoms with van der Waals surface area (Å²) in [7, 11) is 1.63. The van der Waals surface area contributed by atoms with E-state index in [2.05, 4.69) is 20.6 Å². The number of amides is 1. The van der Waals surface area contributed by atoms with E-state index in [-0.39, 0.29) is 18.3 Å². The molecule has 5 aromatic rings. The third-order valence-electron chi connectivity index (χ3n) is 4.73. The van der Waals surface area contributed by atoms with Crippen molar-refractivity contribution in [2.45, 2.75) is 13.3 Å². The topological polar surface area (TPSA) is 94.5 Å². The molecule has 0 unspecified atom stereocenters. The Bertz CT molecular complexity index is 1380. The van der Waals surface area contributed by atoms with Crippen LogP contribution in [0.15, 0.2) is 52.4 Å². The first kappa shape index (κ1) is 18.3. The SMILES string of the molecule is COc1cccc(-c2csc3nc(NC(=O)Cc4noc5ccc(C)cc45)nn23)c1. The molecule has 30 heavy (non-hydrogen) atoms. The standard InChI is InChI=1S/C21H17N5O3S/c1-12-6-7-18-15(8-12)16(25-29-18)10-19(27)22-20-23-21-26(24-20)17(11-30-21)13-4-3-5-14(9-13)28-2/h3-9,11H,10H2,1-2H3,(H,22,24,27). The minimum Gasteiger partial charge on any atom is -0.497 e. The number of benzene rings is 2. The molecule has 0 aliphatic rings. The molecule has 0 saturated carbocycles. The van der Waals surface area contributed by atoms with Crippen molar-refractivity contribution in [2.75, 3.05) is 12.4 Å². The summed E-state index contributed by atoms with van der Waals surface area (Å²) in [6.45, 7) is 1.98. The number of nitrogens with one attached hydrogen (secondary N) is 1. The Morgan fingerprint density at radius 3 is 3.03 bits per heavy atom. The first-order chi connectivity index (χ1) is 14.6. The van der Waals surface area contributed by atoms with Gasteiger partial charge in [0.05, 0.1) is 19.2 Å². The van der Waals surface area contributed by atoms with E-state index in [0.717, 1.165) is 28.0 Å². The first-order valence-electron chi connectivity index (χ1n) is 9.24. The fourth-order valence-corrected chi connectivity index (χ4v) is 4.10. The van der Waals surface area contributed by atoms with Crippen LogP contribution in [-0.2, 0) is 11.2 Å². The van der Waals surface area contributed by atoms with Gasteiger partial charge >= 0.3 is 0 Å². The van der Waals surface area contributed by atoms with Gasteiger partial charge in [0.15, 0.2) is 5.58 Å². The number of hydrogen-bond acceptors (Lipinski definition) is 7. The molecule has 9 heteroatoms. The number of anilines is 1. The number of carbonyl (C=O) groups excluding carboxylic acids is 1. The molecule has 3 heterocycles. The zero-order valence-corrected chi connectivity index (χ0v) is 17.1. The molecule has 0 aliphatic carbocycles. The summed E-state index contributed by atoms with van der Waals surface area (Å²) in [5.74, 6) is 0.753. The molecule has 0 atom stereocenters. The highest BCUT2D eigenvalue weighted by Gasteiger charge is 2.16. The Morgan fingerprint density at radius 1 is 1.27 bits per heavy atom. The maximum atomic E-state index is 12.6. The fraction of sp³-hybridized carbons (Fsp3) is 0.143. The van der Waals surface area contributed by atoms with E-state index in [4.69, 9.17) is 9.26 Å². The Kier molecular flexibility index (Phi) is 4.44. The average molecular weight is 419 g/mol. The maximum absolute atomic E-state index is 12.6. The highest BCUT2D eigenvalue weighted by molar-refractivity contribution is 7.15. The molecule has 0 fully saturated rings. The predicted octanol–water partition coefficient (Wildman–Crippen LogP) is 4.10. The second kappa shape index (κ2) is 7.27. The zero-order valence-electron chi connectivity index (χ0n) is 16.2. The fourth-order valence-electron chi connectivity index (χ4n) is 3.27. The lowest BCUT2D eigenvalue weighted by Crippen LogP contribution is -2.15. The Labute approximate surface area is 175 Å². The van der Waals surface area contributed by atoms with Crippen LogP contribution >= 0.6 is 11.3 Å². The number of methoxy groups -OCH3 is 1. The van der Waals surface area contributed by atoms with Crippen molar-refractivity contribution in [3.05, 3.63) is 59.1 Å². The molecule has 1 amide bonds. The van der Waals surface area contributed by atoms with Gasteiger partial charge in [-0.1, -0.05) is 28.9 Å². The van der Waals surface area contributed by atoms with Gasteiger partial charge in [0.1, 0.15) is 11.4 Å². The van der Waals surface area contributed by atoms with Crippen LogP contribution in [0.3, 0.4) is 0 Å². The van der Waals surface area contributed by atoms with Gasteiger partial charge < -0.3 is 9.26 Å². The summed E-state index contributed by atoms with van der Waals surface area (Å²) in [6, 6.07) is 13.5. The summed E-state index contributed by atoms with van der Waals surface area (Å²) in [5.41, 5.74) is 4.15. The molecule has 0 bridgehead atoms. The van der Waals surface area contributed by atoms with Crippen LogP contribution in [0.5, 0.6) is 5.75 Å². The Hall–Kier alpha value is -3.72. The van der Waals surface area contributed by atoms with E-state index in [0.29, 0.717) is 16.2 Å². The van der Waals surface area contributed by atoms with E-state index in [1.54, 1.807) is 11.6 Å². The van der Waals surface area contributed by atoms with Crippen LogP contribution < -0.4 is 10.1 Å². The second-order valence-electron chi connectivity index (χ2n) is 6.84. The van der Waals surface area contributed by atoms with Crippen molar-refractivity contribution in [3.8, 4) is 17.0 Å². The molecular formula is C21H17N5O3S. The minimum absolute atomic E-state index is 0.0754. The van der Waals surface area contributed by atoms with Crippen molar-refractivity contribution in [1.29, 1.82) is 0 Å². The number of ether oxygens (including phenoxy) is 1. The van der Waals surface area contributed by atoms with Crippen molar-refractivity contribution in [3.63, 3.8) is 0 Å². The average Bonchev–Trinajstić information content (AvgIpc) is 3.42. The van der Waals surface area contributed by atoms with Gasteiger partial charge in [-0.2, -0.15) is 4.98 Å². The van der Waals surface area contributed by atoms with E-state index in [9.17, 15) is 4.79 Å². The smallest absolute Gasteiger partial charge is 0.250 e. The molecule has 0 saturated heterocycles. The molecule has 150 valence electrons. The van der Waals surface area contributed by atoms with Crippen molar-refractivity contribution < 1.29 is 14.1 Å². The van der Waals surface area contributed by atoms with E-state index < -0.39 is 0 Å². The third kappa shape index (κ3) is 3.29. The van der Waals surface area contributed by atoms with Gasteiger partial charge in [-0.05, 0) is 31.2 Å². The van der Waals surface area contributed by atoms with Crippen LogP contribution in [0.1, 0.15) is 11.3 Å². The number of fused-ring (bicyclic) bond motifs is 2. The van der Waals surface area contributed by atoms with Gasteiger partial charge in [-0.15, -0.1) is 16.4 Å². The second-order valence-corrected chi connectivity index (χ2v) is 7.67. The summed E-state index contributed by atoms with van der Waals surface area (Å²) < 4.78 is 12.3. The molecule has 5 rings (SSSR count). The van der Waals surface area contributed by atoms with Crippen LogP contribution in [0.2, 0.25) is 0 Å². The van der Waals surface area contributed by atoms with Gasteiger partial charge in [-0.3, -0.25) is 10.1 Å². The summed E-state index contributed by atoms with van der Waals surface area (Å²) in [4.78, 5) is 17.6. The molecule has 3 aromatic heterocycles. The third-order valence-corrected chi connectivity index (χ3v) is 5.54. The lowest BCUT2D eigenvalue weighted by Gasteiger charge is -2.03. The maximum Gasteiger partial charge on any atom is 0.250 e. The largest absolute Gasteiger partial charge is 0.497 e. The number of hydrogen-bond donors (Lipinski definition) is 1. The van der Waals surface area contributed by atoms with Gasteiger partial charge in [0, 0.05) is 16.3 Å². The molecule has 8 nitrogen and oxygen atoms in total. The predicted molar refractivity (Wildman–Crippen MR) is 114 cm³/mol. The van der Waals surface area contributed by atoms with E-state index in [1.165, 1.54) is 11.3 Å². The lowest BCUT2D eigenvalue weighted by molar-refractivity contribution is -0.115. The van der Waals surface area contributed by atoms with Gasteiger partial charge in [0.25, 0.3) is 0 Å². The van der Waals surface area contributed by atoms with Crippen LogP contribution in [0, 0.1) is 6.92 Å². The van der Waals surface area contributed by atoms with Crippen molar-refractivity contribution in [2.24, 2.45) is 0 Å². The van der Waals surface area contributed by atoms with Crippen molar-refractivity contribution >= 4 is 39.1 Å². The van der Waals surface area contributed by atoms with Crippen molar-refractivity contribution in [1.82, 2.24) is 19.8 Å².